The summed E-state index contributed by atoms with van der Waals surface area (Å²) in [7, 11) is 0. The lowest BCUT2D eigenvalue weighted by Crippen LogP contribution is -2.14. The Kier molecular flexibility index (Phi) is 3.80. The Bertz CT molecular complexity index is 187. The number of nitrogens with two attached hydrogens (primary N) is 1. The van der Waals surface area contributed by atoms with Gasteiger partial charge < -0.3 is 10.5 Å². The normalized spacial score (nSPS) is 25.4. The average Bonchev–Trinajstić information content (AvgIpc) is 2.27. The van der Waals surface area contributed by atoms with Gasteiger partial charge in [-0.05, 0) is 13.3 Å². The Labute approximate surface area is 73.3 Å². The summed E-state index contributed by atoms with van der Waals surface area (Å²) in [6.45, 7) is 3.42. The summed E-state index contributed by atoms with van der Waals surface area (Å²) in [4.78, 5) is 4.19. The number of aliphatic imine (C=N–C) groups is 1. The molecule has 0 spiro atoms. The van der Waals surface area contributed by atoms with Crippen molar-refractivity contribution in [2.45, 2.75) is 25.9 Å². The number of allylic oxidation sites excluding steroid dienone is 1. The van der Waals surface area contributed by atoms with E-state index in [4.69, 9.17) is 10.5 Å². The van der Waals surface area contributed by atoms with Crippen molar-refractivity contribution in [3.63, 3.8) is 0 Å². The SMILES string of the molecule is CC=CCC1CN=C(N)CCO1. The molecule has 3 heteroatoms. The molecular weight excluding hydrogens is 152 g/mol. The lowest BCUT2D eigenvalue weighted by Gasteiger charge is -2.10. The molecule has 2 N–H and O–H groups in total. The van der Waals surface area contributed by atoms with Gasteiger partial charge >= 0.3 is 0 Å². The van der Waals surface area contributed by atoms with E-state index in [0.29, 0.717) is 13.2 Å². The van der Waals surface area contributed by atoms with Gasteiger partial charge in [-0.3, -0.25) is 4.99 Å². The summed E-state index contributed by atoms with van der Waals surface area (Å²) in [6, 6.07) is 0. The maximum atomic E-state index is 5.58. The number of amidine groups is 1. The van der Waals surface area contributed by atoms with Crippen molar-refractivity contribution in [1.29, 1.82) is 0 Å². The van der Waals surface area contributed by atoms with E-state index in [0.717, 1.165) is 18.7 Å². The maximum absolute atomic E-state index is 5.58. The fourth-order valence-electron chi connectivity index (χ4n) is 1.11. The molecule has 1 unspecified atom stereocenters. The Balaban J connectivity index is 2.36. The zero-order valence-corrected chi connectivity index (χ0v) is 7.49. The predicted molar refractivity (Wildman–Crippen MR) is 50.3 cm³/mol. The molecule has 1 aliphatic heterocycles. The van der Waals surface area contributed by atoms with Crippen molar-refractivity contribution < 1.29 is 4.74 Å². The van der Waals surface area contributed by atoms with Crippen LogP contribution >= 0.6 is 0 Å². The van der Waals surface area contributed by atoms with Crippen LogP contribution in [-0.2, 0) is 4.74 Å². The van der Waals surface area contributed by atoms with Gasteiger partial charge in [0.2, 0.25) is 0 Å². The molecule has 3 nitrogen and oxygen atoms in total. The van der Waals surface area contributed by atoms with Crippen LogP contribution in [0.15, 0.2) is 17.1 Å². The minimum Gasteiger partial charge on any atom is -0.387 e. The number of nitrogens with zero attached hydrogens (tertiary/aromatic N) is 1. The molecule has 0 bridgehead atoms. The highest BCUT2D eigenvalue weighted by Crippen LogP contribution is 2.05. The Morgan fingerprint density at radius 2 is 2.58 bits per heavy atom. The highest BCUT2D eigenvalue weighted by atomic mass is 16.5. The fraction of sp³-hybridized carbons (Fsp3) is 0.667. The van der Waals surface area contributed by atoms with Gasteiger partial charge in [0.25, 0.3) is 0 Å². The summed E-state index contributed by atoms with van der Waals surface area (Å²) in [6.07, 6.45) is 6.06. The molecule has 0 saturated carbocycles. The molecule has 0 saturated heterocycles. The van der Waals surface area contributed by atoms with Crippen molar-refractivity contribution in [3.8, 4) is 0 Å². The number of hydrogen-bond acceptors (Lipinski definition) is 3. The molecule has 1 atom stereocenters. The molecule has 1 heterocycles. The second-order valence-electron chi connectivity index (χ2n) is 2.88. The quantitative estimate of drug-likeness (QED) is 0.627. The fourth-order valence-corrected chi connectivity index (χ4v) is 1.11. The van der Waals surface area contributed by atoms with Gasteiger partial charge in [0.15, 0.2) is 0 Å². The number of hydrogen-bond donors (Lipinski definition) is 1. The number of ether oxygens (including phenoxy) is 1. The van der Waals surface area contributed by atoms with Gasteiger partial charge in [-0.1, -0.05) is 12.2 Å². The second-order valence-corrected chi connectivity index (χ2v) is 2.88. The van der Waals surface area contributed by atoms with E-state index >= 15 is 0 Å². The van der Waals surface area contributed by atoms with Crippen LogP contribution in [-0.4, -0.2) is 25.1 Å². The standard InChI is InChI=1S/C9H16N2O/c1-2-3-4-8-7-11-9(10)5-6-12-8/h2-3,8H,4-7H2,1H3,(H2,10,11). The molecule has 68 valence electrons. The average molecular weight is 168 g/mol. The number of rotatable bonds is 2. The molecule has 0 aliphatic carbocycles. The monoisotopic (exact) mass is 168 g/mol. The summed E-state index contributed by atoms with van der Waals surface area (Å²) >= 11 is 0. The summed E-state index contributed by atoms with van der Waals surface area (Å²) in [5.41, 5.74) is 5.58. The van der Waals surface area contributed by atoms with Crippen molar-refractivity contribution in [3.05, 3.63) is 12.2 Å². The molecule has 0 aromatic heterocycles. The van der Waals surface area contributed by atoms with Crippen LogP contribution in [0.1, 0.15) is 19.8 Å². The van der Waals surface area contributed by atoms with Crippen molar-refractivity contribution >= 4 is 5.84 Å². The molecule has 1 aliphatic rings. The van der Waals surface area contributed by atoms with Gasteiger partial charge in [0.05, 0.1) is 25.1 Å². The van der Waals surface area contributed by atoms with Gasteiger partial charge in [-0.15, -0.1) is 0 Å². The summed E-state index contributed by atoms with van der Waals surface area (Å²) in [5, 5.41) is 0. The largest absolute Gasteiger partial charge is 0.387 e. The minimum atomic E-state index is 0.224. The first-order valence-corrected chi connectivity index (χ1v) is 4.34. The Hall–Kier alpha value is -0.830. The topological polar surface area (TPSA) is 47.6 Å². The highest BCUT2D eigenvalue weighted by Gasteiger charge is 2.10. The lowest BCUT2D eigenvalue weighted by atomic mass is 10.2. The first kappa shape index (κ1) is 9.26. The molecule has 0 aromatic carbocycles. The molecule has 0 amide bonds. The third-order valence-corrected chi connectivity index (χ3v) is 1.84. The van der Waals surface area contributed by atoms with Crippen LogP contribution in [0.5, 0.6) is 0 Å². The van der Waals surface area contributed by atoms with E-state index in [9.17, 15) is 0 Å². The molecule has 0 aromatic rings. The maximum Gasteiger partial charge on any atom is 0.0961 e. The van der Waals surface area contributed by atoms with Crippen LogP contribution in [0.2, 0.25) is 0 Å². The van der Waals surface area contributed by atoms with E-state index in [2.05, 4.69) is 11.1 Å². The van der Waals surface area contributed by atoms with Gasteiger partial charge in [-0.25, -0.2) is 0 Å². The van der Waals surface area contributed by atoms with Crippen LogP contribution in [0, 0.1) is 0 Å². The molecule has 12 heavy (non-hydrogen) atoms. The third kappa shape index (κ3) is 3.05. The smallest absolute Gasteiger partial charge is 0.0961 e. The first-order chi connectivity index (χ1) is 5.83. The van der Waals surface area contributed by atoms with E-state index in [1.807, 2.05) is 13.0 Å². The van der Waals surface area contributed by atoms with Gasteiger partial charge in [0.1, 0.15) is 0 Å². The van der Waals surface area contributed by atoms with E-state index in [1.54, 1.807) is 0 Å². The zero-order chi connectivity index (χ0) is 8.81. The molecular formula is C9H16N2O. The summed E-state index contributed by atoms with van der Waals surface area (Å²) in [5.74, 6) is 0.720. The van der Waals surface area contributed by atoms with Crippen molar-refractivity contribution in [1.82, 2.24) is 0 Å². The van der Waals surface area contributed by atoms with Crippen molar-refractivity contribution in [2.24, 2.45) is 10.7 Å². The first-order valence-electron chi connectivity index (χ1n) is 4.34. The van der Waals surface area contributed by atoms with Crippen LogP contribution < -0.4 is 5.73 Å². The van der Waals surface area contributed by atoms with Crippen LogP contribution in [0.25, 0.3) is 0 Å². The zero-order valence-electron chi connectivity index (χ0n) is 7.49. The van der Waals surface area contributed by atoms with E-state index in [-0.39, 0.29) is 6.10 Å². The predicted octanol–water partition coefficient (Wildman–Crippen LogP) is 1.10. The Morgan fingerprint density at radius 1 is 1.75 bits per heavy atom. The van der Waals surface area contributed by atoms with E-state index in [1.165, 1.54) is 0 Å². The Morgan fingerprint density at radius 3 is 3.33 bits per heavy atom. The molecule has 1 rings (SSSR count). The minimum absolute atomic E-state index is 0.224. The third-order valence-electron chi connectivity index (χ3n) is 1.84. The summed E-state index contributed by atoms with van der Waals surface area (Å²) < 4.78 is 5.53. The molecule has 0 fully saturated rings. The van der Waals surface area contributed by atoms with E-state index < -0.39 is 0 Å². The van der Waals surface area contributed by atoms with Crippen LogP contribution in [0.4, 0.5) is 0 Å². The van der Waals surface area contributed by atoms with Gasteiger partial charge in [-0.2, -0.15) is 0 Å². The highest BCUT2D eigenvalue weighted by molar-refractivity contribution is 5.80. The van der Waals surface area contributed by atoms with Crippen molar-refractivity contribution in [2.75, 3.05) is 13.2 Å². The molecule has 0 radical (unpaired) electrons. The second kappa shape index (κ2) is 4.93. The lowest BCUT2D eigenvalue weighted by molar-refractivity contribution is 0.0708. The van der Waals surface area contributed by atoms with Gasteiger partial charge in [0, 0.05) is 6.42 Å². The van der Waals surface area contributed by atoms with Crippen LogP contribution in [0.3, 0.4) is 0 Å².